The molecule has 0 saturated heterocycles. The first-order valence-corrected chi connectivity index (χ1v) is 8.24. The standard InChI is InChI=1S/C17H27ClN4O.HI/c1-5-20-15(23)17(2,3)12-22-16(19-4)21-10-9-13-7-6-8-14(18)11-13;/h6-8,11H,5,9-10,12H2,1-4H3,(H,20,23)(H2,19,21,22);1H. The predicted molar refractivity (Wildman–Crippen MR) is 112 cm³/mol. The van der Waals surface area contributed by atoms with E-state index in [0.717, 1.165) is 18.0 Å². The van der Waals surface area contributed by atoms with Crippen LogP contribution in [0.3, 0.4) is 0 Å². The Balaban J connectivity index is 0.00000529. The van der Waals surface area contributed by atoms with Crippen molar-refractivity contribution in [2.45, 2.75) is 27.2 Å². The van der Waals surface area contributed by atoms with Crippen molar-refractivity contribution in [3.63, 3.8) is 0 Å². The predicted octanol–water partition coefficient (Wildman–Crippen LogP) is 2.83. The third-order valence-corrected chi connectivity index (χ3v) is 3.70. The SMILES string of the molecule is CCNC(=O)C(C)(C)CNC(=NC)NCCc1cccc(Cl)c1.I. The third-order valence-electron chi connectivity index (χ3n) is 3.47. The summed E-state index contributed by atoms with van der Waals surface area (Å²) >= 11 is 5.97. The Morgan fingerprint density at radius 2 is 1.96 bits per heavy atom. The summed E-state index contributed by atoms with van der Waals surface area (Å²) in [6, 6.07) is 7.81. The van der Waals surface area contributed by atoms with E-state index in [-0.39, 0.29) is 29.9 Å². The van der Waals surface area contributed by atoms with Gasteiger partial charge in [-0.15, -0.1) is 24.0 Å². The van der Waals surface area contributed by atoms with E-state index in [2.05, 4.69) is 20.9 Å². The number of rotatable bonds is 7. The lowest BCUT2D eigenvalue weighted by molar-refractivity contribution is -0.128. The minimum atomic E-state index is -0.499. The number of guanidine groups is 1. The van der Waals surface area contributed by atoms with Gasteiger partial charge >= 0.3 is 0 Å². The Bertz CT molecular complexity index is 549. The van der Waals surface area contributed by atoms with Gasteiger partial charge in [-0.3, -0.25) is 9.79 Å². The summed E-state index contributed by atoms with van der Waals surface area (Å²) in [7, 11) is 1.72. The monoisotopic (exact) mass is 466 g/mol. The molecule has 0 aliphatic heterocycles. The molecule has 1 aromatic carbocycles. The average Bonchev–Trinajstić information content (AvgIpc) is 2.51. The first-order valence-electron chi connectivity index (χ1n) is 7.86. The summed E-state index contributed by atoms with van der Waals surface area (Å²) in [5.74, 6) is 0.714. The molecule has 0 radical (unpaired) electrons. The van der Waals surface area contributed by atoms with Crippen LogP contribution in [0.4, 0.5) is 0 Å². The summed E-state index contributed by atoms with van der Waals surface area (Å²) in [6.07, 6.45) is 0.848. The van der Waals surface area contributed by atoms with E-state index in [0.29, 0.717) is 19.0 Å². The van der Waals surface area contributed by atoms with Crippen molar-refractivity contribution in [3.8, 4) is 0 Å². The smallest absolute Gasteiger partial charge is 0.227 e. The number of aliphatic imine (C=N–C) groups is 1. The molecule has 0 fully saturated rings. The van der Waals surface area contributed by atoms with Gasteiger partial charge in [-0.25, -0.2) is 0 Å². The molecule has 1 amide bonds. The van der Waals surface area contributed by atoms with Gasteiger partial charge in [0.15, 0.2) is 5.96 Å². The van der Waals surface area contributed by atoms with E-state index >= 15 is 0 Å². The number of carbonyl (C=O) groups excluding carboxylic acids is 1. The van der Waals surface area contributed by atoms with Crippen molar-refractivity contribution in [1.82, 2.24) is 16.0 Å². The first-order chi connectivity index (χ1) is 10.9. The van der Waals surface area contributed by atoms with Gasteiger partial charge < -0.3 is 16.0 Å². The van der Waals surface area contributed by atoms with Crippen LogP contribution < -0.4 is 16.0 Å². The molecule has 0 unspecified atom stereocenters. The quantitative estimate of drug-likeness (QED) is 0.329. The summed E-state index contributed by atoms with van der Waals surface area (Å²) in [4.78, 5) is 16.2. The van der Waals surface area contributed by atoms with Crippen molar-refractivity contribution in [2.75, 3.05) is 26.7 Å². The van der Waals surface area contributed by atoms with E-state index in [9.17, 15) is 4.79 Å². The molecule has 5 nitrogen and oxygen atoms in total. The van der Waals surface area contributed by atoms with Crippen LogP contribution in [0.5, 0.6) is 0 Å². The van der Waals surface area contributed by atoms with Gasteiger partial charge in [-0.2, -0.15) is 0 Å². The molecule has 1 aromatic rings. The van der Waals surface area contributed by atoms with Gasteiger partial charge in [0.2, 0.25) is 5.91 Å². The second-order valence-corrected chi connectivity index (χ2v) is 6.41. The van der Waals surface area contributed by atoms with Crippen LogP contribution in [0, 0.1) is 5.41 Å². The second kappa shape index (κ2) is 11.5. The van der Waals surface area contributed by atoms with Gasteiger partial charge in [-0.05, 0) is 44.9 Å². The molecule has 136 valence electrons. The topological polar surface area (TPSA) is 65.5 Å². The number of halogens is 2. The molecule has 0 atom stereocenters. The Kier molecular flexibility index (Phi) is 11.0. The van der Waals surface area contributed by atoms with Crippen LogP contribution in [0.2, 0.25) is 5.02 Å². The van der Waals surface area contributed by atoms with E-state index in [1.165, 1.54) is 5.56 Å². The van der Waals surface area contributed by atoms with Crippen LogP contribution in [0.25, 0.3) is 0 Å². The van der Waals surface area contributed by atoms with Crippen LogP contribution in [0.1, 0.15) is 26.3 Å². The van der Waals surface area contributed by atoms with Gasteiger partial charge in [0, 0.05) is 31.7 Å². The highest BCUT2D eigenvalue weighted by Gasteiger charge is 2.27. The fraction of sp³-hybridized carbons (Fsp3) is 0.529. The molecule has 24 heavy (non-hydrogen) atoms. The number of hydrogen-bond donors (Lipinski definition) is 3. The summed E-state index contributed by atoms with van der Waals surface area (Å²) in [5.41, 5.74) is 0.670. The Labute approximate surface area is 167 Å². The number of nitrogens with zero attached hydrogens (tertiary/aromatic N) is 1. The van der Waals surface area contributed by atoms with Gasteiger partial charge in [0.1, 0.15) is 0 Å². The van der Waals surface area contributed by atoms with E-state index in [4.69, 9.17) is 11.6 Å². The van der Waals surface area contributed by atoms with Crippen LogP contribution in [0.15, 0.2) is 29.3 Å². The van der Waals surface area contributed by atoms with Gasteiger partial charge in [-0.1, -0.05) is 23.7 Å². The highest BCUT2D eigenvalue weighted by Crippen LogP contribution is 2.13. The van der Waals surface area contributed by atoms with Crippen molar-refractivity contribution >= 4 is 47.4 Å². The molecule has 0 aromatic heterocycles. The van der Waals surface area contributed by atoms with Gasteiger partial charge in [0.05, 0.1) is 5.41 Å². The van der Waals surface area contributed by atoms with Crippen LogP contribution in [-0.2, 0) is 11.2 Å². The lowest BCUT2D eigenvalue weighted by Crippen LogP contribution is -2.48. The number of carbonyl (C=O) groups is 1. The summed E-state index contributed by atoms with van der Waals surface area (Å²) < 4.78 is 0. The molecule has 3 N–H and O–H groups in total. The number of benzene rings is 1. The molecule has 0 bridgehead atoms. The van der Waals surface area contributed by atoms with E-state index in [1.54, 1.807) is 7.05 Å². The highest BCUT2D eigenvalue weighted by molar-refractivity contribution is 14.0. The average molecular weight is 467 g/mol. The molecule has 0 spiro atoms. The number of hydrogen-bond acceptors (Lipinski definition) is 2. The Morgan fingerprint density at radius 1 is 1.25 bits per heavy atom. The lowest BCUT2D eigenvalue weighted by atomic mass is 9.92. The molecule has 7 heteroatoms. The zero-order chi connectivity index (χ0) is 17.3. The van der Waals surface area contributed by atoms with Crippen molar-refractivity contribution < 1.29 is 4.79 Å². The van der Waals surface area contributed by atoms with Gasteiger partial charge in [0.25, 0.3) is 0 Å². The normalized spacial score (nSPS) is 11.5. The van der Waals surface area contributed by atoms with E-state index < -0.39 is 5.41 Å². The zero-order valence-electron chi connectivity index (χ0n) is 14.8. The molecular formula is C17H28ClIN4O. The summed E-state index contributed by atoms with van der Waals surface area (Å²) in [6.45, 7) is 7.61. The van der Waals surface area contributed by atoms with Crippen LogP contribution >= 0.6 is 35.6 Å². The molecule has 0 aliphatic rings. The third kappa shape index (κ3) is 8.19. The zero-order valence-corrected chi connectivity index (χ0v) is 17.9. The first kappa shape index (κ1) is 23.0. The Hall–Kier alpha value is -1.02. The minimum absolute atomic E-state index is 0. The van der Waals surface area contributed by atoms with Crippen molar-refractivity contribution in [1.29, 1.82) is 0 Å². The summed E-state index contributed by atoms with van der Waals surface area (Å²) in [5, 5.41) is 10.0. The Morgan fingerprint density at radius 3 is 2.54 bits per heavy atom. The maximum Gasteiger partial charge on any atom is 0.227 e. The van der Waals surface area contributed by atoms with Crippen molar-refractivity contribution in [3.05, 3.63) is 34.9 Å². The molecular weight excluding hydrogens is 439 g/mol. The fourth-order valence-corrected chi connectivity index (χ4v) is 2.24. The molecule has 1 rings (SSSR count). The van der Waals surface area contributed by atoms with E-state index in [1.807, 2.05) is 45.0 Å². The maximum atomic E-state index is 12.0. The lowest BCUT2D eigenvalue weighted by Gasteiger charge is -2.24. The number of nitrogens with one attached hydrogen (secondary N) is 3. The fourth-order valence-electron chi connectivity index (χ4n) is 2.02. The molecule has 0 saturated carbocycles. The maximum absolute atomic E-state index is 12.0. The van der Waals surface area contributed by atoms with Crippen LogP contribution in [-0.4, -0.2) is 38.5 Å². The highest BCUT2D eigenvalue weighted by atomic mass is 127. The minimum Gasteiger partial charge on any atom is -0.356 e. The largest absolute Gasteiger partial charge is 0.356 e. The number of amides is 1. The second-order valence-electron chi connectivity index (χ2n) is 5.98. The molecule has 0 aliphatic carbocycles. The van der Waals surface area contributed by atoms with Crippen molar-refractivity contribution in [2.24, 2.45) is 10.4 Å². The molecule has 0 heterocycles.